The predicted octanol–water partition coefficient (Wildman–Crippen LogP) is 0.434. The molecule has 3 rings (SSSR count). The standard InChI is InChI=1S/C17H19NO7S/c19-16(10-24-17(20)7-12-5-6-26(21,22)11-12)18-8-13-9-23-14-3-1-2-4-15(14)25-13/h1-6,12-13H,7-11H2,(H,18,19). The van der Waals surface area contributed by atoms with Gasteiger partial charge in [-0.2, -0.15) is 0 Å². The summed E-state index contributed by atoms with van der Waals surface area (Å²) in [7, 11) is -3.21. The number of hydrogen-bond donors (Lipinski definition) is 1. The van der Waals surface area contributed by atoms with E-state index in [0.29, 0.717) is 18.1 Å². The van der Waals surface area contributed by atoms with Gasteiger partial charge in [0.15, 0.2) is 27.9 Å². The van der Waals surface area contributed by atoms with Crippen molar-refractivity contribution in [3.05, 3.63) is 35.7 Å². The highest BCUT2D eigenvalue weighted by atomic mass is 32.2. The number of amides is 1. The molecule has 2 heterocycles. The van der Waals surface area contributed by atoms with E-state index in [0.717, 1.165) is 5.41 Å². The first-order valence-corrected chi connectivity index (χ1v) is 9.84. The van der Waals surface area contributed by atoms with E-state index >= 15 is 0 Å². The Bertz CT molecular complexity index is 818. The molecule has 0 spiro atoms. The van der Waals surface area contributed by atoms with Crippen molar-refractivity contribution < 1.29 is 32.2 Å². The second-order valence-electron chi connectivity index (χ2n) is 6.08. The van der Waals surface area contributed by atoms with E-state index in [-0.39, 0.29) is 24.8 Å². The topological polar surface area (TPSA) is 108 Å². The van der Waals surface area contributed by atoms with Gasteiger partial charge >= 0.3 is 5.97 Å². The van der Waals surface area contributed by atoms with Crippen LogP contribution in [0.3, 0.4) is 0 Å². The van der Waals surface area contributed by atoms with Gasteiger partial charge in [0.05, 0.1) is 18.7 Å². The number of carbonyl (C=O) groups is 2. The summed E-state index contributed by atoms with van der Waals surface area (Å²) in [5.41, 5.74) is 0. The predicted molar refractivity (Wildman–Crippen MR) is 91.4 cm³/mol. The molecule has 2 unspecified atom stereocenters. The summed E-state index contributed by atoms with van der Waals surface area (Å²) in [6.07, 6.45) is 1.06. The largest absolute Gasteiger partial charge is 0.486 e. The van der Waals surface area contributed by atoms with Crippen LogP contribution in [0.2, 0.25) is 0 Å². The number of ether oxygens (including phenoxy) is 3. The molecular weight excluding hydrogens is 362 g/mol. The van der Waals surface area contributed by atoms with E-state index < -0.39 is 34.2 Å². The molecule has 2 atom stereocenters. The van der Waals surface area contributed by atoms with Gasteiger partial charge in [-0.15, -0.1) is 0 Å². The molecule has 0 saturated heterocycles. The molecule has 2 aliphatic heterocycles. The zero-order valence-electron chi connectivity index (χ0n) is 13.9. The van der Waals surface area contributed by atoms with Crippen LogP contribution < -0.4 is 14.8 Å². The molecule has 0 radical (unpaired) electrons. The summed E-state index contributed by atoms with van der Waals surface area (Å²) < 4.78 is 38.7. The Hall–Kier alpha value is -2.55. The highest BCUT2D eigenvalue weighted by Gasteiger charge is 2.25. The molecular formula is C17H19NO7S. The lowest BCUT2D eigenvalue weighted by Crippen LogP contribution is -2.42. The van der Waals surface area contributed by atoms with E-state index in [4.69, 9.17) is 14.2 Å². The van der Waals surface area contributed by atoms with Crippen molar-refractivity contribution in [3.63, 3.8) is 0 Å². The summed E-state index contributed by atoms with van der Waals surface area (Å²) in [6, 6.07) is 7.25. The van der Waals surface area contributed by atoms with Crippen LogP contribution in [0.4, 0.5) is 0 Å². The van der Waals surface area contributed by atoms with Crippen molar-refractivity contribution in [1.82, 2.24) is 5.32 Å². The van der Waals surface area contributed by atoms with Gasteiger partial charge in [0.1, 0.15) is 12.7 Å². The molecule has 1 aromatic rings. The van der Waals surface area contributed by atoms with E-state index in [1.165, 1.54) is 6.08 Å². The zero-order valence-corrected chi connectivity index (χ0v) is 14.7. The Morgan fingerprint density at radius 1 is 1.23 bits per heavy atom. The van der Waals surface area contributed by atoms with Crippen LogP contribution in [0.1, 0.15) is 6.42 Å². The number of nitrogens with one attached hydrogen (secondary N) is 1. The summed E-state index contributed by atoms with van der Waals surface area (Å²) in [5.74, 6) is -0.303. The quantitative estimate of drug-likeness (QED) is 0.712. The van der Waals surface area contributed by atoms with E-state index in [9.17, 15) is 18.0 Å². The minimum Gasteiger partial charge on any atom is -0.486 e. The fourth-order valence-corrected chi connectivity index (χ4v) is 4.03. The first kappa shape index (κ1) is 18.2. The van der Waals surface area contributed by atoms with Crippen LogP contribution in [0.15, 0.2) is 35.7 Å². The second-order valence-corrected chi connectivity index (χ2v) is 8.02. The lowest BCUT2D eigenvalue weighted by Gasteiger charge is -2.26. The van der Waals surface area contributed by atoms with Crippen molar-refractivity contribution in [3.8, 4) is 11.5 Å². The molecule has 1 amide bonds. The third-order valence-electron chi connectivity index (χ3n) is 3.89. The first-order chi connectivity index (χ1) is 12.4. The Morgan fingerprint density at radius 3 is 2.73 bits per heavy atom. The SMILES string of the molecule is O=C(COC(=O)CC1C=CS(=O)(=O)C1)NCC1COc2ccccc2O1. The summed E-state index contributed by atoms with van der Waals surface area (Å²) in [6.45, 7) is 0.0973. The lowest BCUT2D eigenvalue weighted by atomic mass is 10.1. The minimum atomic E-state index is -3.21. The average Bonchev–Trinajstić information content (AvgIpc) is 2.96. The van der Waals surface area contributed by atoms with Crippen molar-refractivity contribution in [2.75, 3.05) is 25.5 Å². The normalized spacial score (nSPS) is 22.6. The highest BCUT2D eigenvalue weighted by molar-refractivity contribution is 7.94. The summed E-state index contributed by atoms with van der Waals surface area (Å²) in [5, 5.41) is 3.71. The zero-order chi connectivity index (χ0) is 18.6. The van der Waals surface area contributed by atoms with Gasteiger partial charge in [-0.05, 0) is 12.1 Å². The van der Waals surface area contributed by atoms with Gasteiger partial charge in [-0.1, -0.05) is 18.2 Å². The number of hydrogen-bond acceptors (Lipinski definition) is 7. The van der Waals surface area contributed by atoms with Crippen LogP contribution in [0, 0.1) is 5.92 Å². The fraction of sp³-hybridized carbons (Fsp3) is 0.412. The number of rotatable bonds is 6. The molecule has 26 heavy (non-hydrogen) atoms. The first-order valence-electron chi connectivity index (χ1n) is 8.13. The summed E-state index contributed by atoms with van der Waals surface area (Å²) >= 11 is 0. The van der Waals surface area contributed by atoms with Crippen LogP contribution in [-0.2, 0) is 24.2 Å². The van der Waals surface area contributed by atoms with Crippen molar-refractivity contribution >= 4 is 21.7 Å². The number of sulfone groups is 1. The summed E-state index contributed by atoms with van der Waals surface area (Å²) in [4.78, 5) is 23.5. The monoisotopic (exact) mass is 381 g/mol. The average molecular weight is 381 g/mol. The molecule has 8 nitrogen and oxygen atoms in total. The van der Waals surface area contributed by atoms with Crippen LogP contribution >= 0.6 is 0 Å². The molecule has 0 saturated carbocycles. The van der Waals surface area contributed by atoms with Crippen molar-refractivity contribution in [2.24, 2.45) is 5.92 Å². The Labute approximate surface area is 151 Å². The molecule has 0 fully saturated rings. The Morgan fingerprint density at radius 2 is 2.00 bits per heavy atom. The Kier molecular flexibility index (Phi) is 5.46. The number of esters is 1. The number of carbonyl (C=O) groups excluding carboxylic acids is 2. The number of allylic oxidation sites excluding steroid dienone is 1. The van der Waals surface area contributed by atoms with Gasteiger partial charge in [0, 0.05) is 11.3 Å². The maximum Gasteiger partial charge on any atom is 0.306 e. The van der Waals surface area contributed by atoms with Crippen molar-refractivity contribution in [1.29, 1.82) is 0 Å². The van der Waals surface area contributed by atoms with Crippen LogP contribution in [0.5, 0.6) is 11.5 Å². The van der Waals surface area contributed by atoms with E-state index in [2.05, 4.69) is 5.32 Å². The number of para-hydroxylation sites is 2. The minimum absolute atomic E-state index is 0.0701. The third kappa shape index (κ3) is 4.98. The third-order valence-corrected chi connectivity index (χ3v) is 5.36. The molecule has 9 heteroatoms. The smallest absolute Gasteiger partial charge is 0.306 e. The van der Waals surface area contributed by atoms with Gasteiger partial charge in [-0.3, -0.25) is 9.59 Å². The second kappa shape index (κ2) is 7.77. The molecule has 2 aliphatic rings. The van der Waals surface area contributed by atoms with Gasteiger partial charge in [0.2, 0.25) is 0 Å². The molecule has 140 valence electrons. The lowest BCUT2D eigenvalue weighted by molar-refractivity contribution is -0.149. The van der Waals surface area contributed by atoms with E-state index in [1.807, 2.05) is 12.1 Å². The molecule has 0 bridgehead atoms. The number of fused-ring (bicyclic) bond motifs is 1. The van der Waals surface area contributed by atoms with Gasteiger partial charge in [0.25, 0.3) is 5.91 Å². The molecule has 0 aromatic heterocycles. The maximum atomic E-state index is 11.8. The van der Waals surface area contributed by atoms with Crippen LogP contribution in [-0.4, -0.2) is 51.9 Å². The maximum absolute atomic E-state index is 11.8. The fourth-order valence-electron chi connectivity index (χ4n) is 2.63. The van der Waals surface area contributed by atoms with Crippen LogP contribution in [0.25, 0.3) is 0 Å². The van der Waals surface area contributed by atoms with E-state index in [1.54, 1.807) is 12.1 Å². The van der Waals surface area contributed by atoms with Crippen molar-refractivity contribution in [2.45, 2.75) is 12.5 Å². The molecule has 0 aliphatic carbocycles. The van der Waals surface area contributed by atoms with Gasteiger partial charge in [-0.25, -0.2) is 8.42 Å². The molecule has 1 N–H and O–H groups in total. The highest BCUT2D eigenvalue weighted by Crippen LogP contribution is 2.30. The Balaban J connectivity index is 1.35. The number of benzene rings is 1. The van der Waals surface area contributed by atoms with Gasteiger partial charge < -0.3 is 19.5 Å². The molecule has 1 aromatic carbocycles.